The van der Waals surface area contributed by atoms with Crippen LogP contribution in [-0.2, 0) is 5.60 Å². The molecule has 0 aliphatic rings. The number of rotatable bonds is 4. The molecular weight excluding hydrogens is 234 g/mol. The summed E-state index contributed by atoms with van der Waals surface area (Å²) in [6, 6.07) is 4.94. The lowest BCUT2D eigenvalue weighted by molar-refractivity contribution is 0.0330. The summed E-state index contributed by atoms with van der Waals surface area (Å²) >= 11 is 0. The zero-order valence-corrected chi connectivity index (χ0v) is 10.3. The summed E-state index contributed by atoms with van der Waals surface area (Å²) in [4.78, 5) is 11.8. The second-order valence-electron chi connectivity index (χ2n) is 4.32. The average molecular weight is 249 g/mol. The first-order valence-electron chi connectivity index (χ1n) is 5.59. The van der Waals surface area contributed by atoms with Gasteiger partial charge in [-0.1, -0.05) is 0 Å². The molecule has 0 bridgehead atoms. The van der Waals surface area contributed by atoms with Crippen molar-refractivity contribution in [3.8, 4) is 0 Å². The Morgan fingerprint density at radius 1 is 1.39 bits per heavy atom. The van der Waals surface area contributed by atoms with Crippen LogP contribution in [0.3, 0.4) is 0 Å². The van der Waals surface area contributed by atoms with Gasteiger partial charge < -0.3 is 19.3 Å². The Morgan fingerprint density at radius 2 is 2.17 bits per heavy atom. The van der Waals surface area contributed by atoms with Crippen LogP contribution in [0.5, 0.6) is 0 Å². The maximum atomic E-state index is 11.8. The van der Waals surface area contributed by atoms with Gasteiger partial charge >= 0.3 is 0 Å². The third-order valence-corrected chi connectivity index (χ3v) is 2.75. The normalized spacial score (nSPS) is 14.2. The molecule has 2 rings (SSSR count). The maximum absolute atomic E-state index is 11.8. The molecule has 18 heavy (non-hydrogen) atoms. The molecule has 0 saturated heterocycles. The molecule has 2 aromatic rings. The minimum atomic E-state index is -1.24. The number of carbonyl (C=O) groups excluding carboxylic acids is 1. The number of furan rings is 2. The van der Waals surface area contributed by atoms with Gasteiger partial charge in [-0.25, -0.2) is 0 Å². The molecule has 5 nitrogen and oxygen atoms in total. The molecule has 2 aromatic heterocycles. The van der Waals surface area contributed by atoms with Crippen molar-refractivity contribution in [3.63, 3.8) is 0 Å². The summed E-state index contributed by atoms with van der Waals surface area (Å²) in [7, 11) is 0. The summed E-state index contributed by atoms with van der Waals surface area (Å²) in [5.74, 6) is 0.671. The van der Waals surface area contributed by atoms with E-state index in [9.17, 15) is 9.90 Å². The lowest BCUT2D eigenvalue weighted by atomic mass is 10.0. The van der Waals surface area contributed by atoms with Gasteiger partial charge in [0, 0.05) is 0 Å². The Hall–Kier alpha value is -2.01. The first kappa shape index (κ1) is 12.4. The molecule has 5 heteroatoms. The van der Waals surface area contributed by atoms with E-state index >= 15 is 0 Å². The smallest absolute Gasteiger partial charge is 0.254 e. The highest BCUT2D eigenvalue weighted by Gasteiger charge is 2.27. The van der Waals surface area contributed by atoms with E-state index in [1.807, 2.05) is 0 Å². The zero-order chi connectivity index (χ0) is 13.2. The summed E-state index contributed by atoms with van der Waals surface area (Å²) in [6.07, 6.45) is 2.93. The molecule has 96 valence electrons. The van der Waals surface area contributed by atoms with Crippen molar-refractivity contribution in [2.75, 3.05) is 6.54 Å². The highest BCUT2D eigenvalue weighted by molar-refractivity contribution is 5.95. The molecule has 1 amide bonds. The van der Waals surface area contributed by atoms with E-state index < -0.39 is 5.60 Å². The van der Waals surface area contributed by atoms with Crippen LogP contribution in [0.1, 0.15) is 28.8 Å². The van der Waals surface area contributed by atoms with Gasteiger partial charge in [0.05, 0.1) is 24.6 Å². The molecule has 0 aromatic carbocycles. The summed E-state index contributed by atoms with van der Waals surface area (Å²) in [6.45, 7) is 3.35. The molecule has 0 spiro atoms. The van der Waals surface area contributed by atoms with E-state index in [0.29, 0.717) is 17.1 Å². The van der Waals surface area contributed by atoms with Crippen LogP contribution in [-0.4, -0.2) is 17.6 Å². The van der Waals surface area contributed by atoms with Crippen LogP contribution >= 0.6 is 0 Å². The Balaban J connectivity index is 2.00. The van der Waals surface area contributed by atoms with Gasteiger partial charge in [-0.3, -0.25) is 4.79 Å². The predicted molar refractivity (Wildman–Crippen MR) is 64.1 cm³/mol. The van der Waals surface area contributed by atoms with Gasteiger partial charge in [-0.2, -0.15) is 0 Å². The maximum Gasteiger partial charge on any atom is 0.254 e. The van der Waals surface area contributed by atoms with Gasteiger partial charge in [-0.05, 0) is 32.0 Å². The Bertz CT molecular complexity index is 525. The zero-order valence-electron chi connectivity index (χ0n) is 10.3. The van der Waals surface area contributed by atoms with Crippen molar-refractivity contribution in [1.82, 2.24) is 5.32 Å². The van der Waals surface area contributed by atoms with Gasteiger partial charge in [-0.15, -0.1) is 0 Å². The standard InChI is InChI=1S/C13H15NO4/c1-9-10(5-7-17-9)12(15)14-8-13(2,16)11-4-3-6-18-11/h3-7,16H,8H2,1-2H3,(H,14,15). The summed E-state index contributed by atoms with van der Waals surface area (Å²) in [5, 5.41) is 12.8. The minimum Gasteiger partial charge on any atom is -0.469 e. The SMILES string of the molecule is Cc1occc1C(=O)NCC(C)(O)c1ccco1. The van der Waals surface area contributed by atoms with Gasteiger partial charge in [0.25, 0.3) is 5.91 Å². The summed E-state index contributed by atoms with van der Waals surface area (Å²) < 4.78 is 10.2. The summed E-state index contributed by atoms with van der Waals surface area (Å²) in [5.41, 5.74) is -0.776. The van der Waals surface area contributed by atoms with E-state index in [-0.39, 0.29) is 12.5 Å². The van der Waals surface area contributed by atoms with Crippen molar-refractivity contribution >= 4 is 5.91 Å². The number of nitrogens with one attached hydrogen (secondary N) is 1. The van der Waals surface area contributed by atoms with Gasteiger partial charge in [0.2, 0.25) is 0 Å². The average Bonchev–Trinajstić information content (AvgIpc) is 2.96. The topological polar surface area (TPSA) is 75.6 Å². The van der Waals surface area contributed by atoms with Crippen LogP contribution in [0.15, 0.2) is 39.6 Å². The molecule has 2 N–H and O–H groups in total. The van der Waals surface area contributed by atoms with Crippen molar-refractivity contribution in [2.45, 2.75) is 19.4 Å². The molecule has 0 saturated carbocycles. The van der Waals surface area contributed by atoms with E-state index in [4.69, 9.17) is 8.83 Å². The number of carbonyl (C=O) groups is 1. The lowest BCUT2D eigenvalue weighted by Crippen LogP contribution is -2.38. The highest BCUT2D eigenvalue weighted by atomic mass is 16.4. The second kappa shape index (κ2) is 4.70. The van der Waals surface area contributed by atoms with Crippen LogP contribution in [0.25, 0.3) is 0 Å². The van der Waals surface area contributed by atoms with Crippen molar-refractivity contribution < 1.29 is 18.7 Å². The van der Waals surface area contributed by atoms with Crippen molar-refractivity contribution in [3.05, 3.63) is 47.8 Å². The van der Waals surface area contributed by atoms with Gasteiger partial charge in [0.1, 0.15) is 17.1 Å². The number of aryl methyl sites for hydroxylation is 1. The molecule has 0 aliphatic heterocycles. The fraction of sp³-hybridized carbons (Fsp3) is 0.308. The quantitative estimate of drug-likeness (QED) is 0.866. The molecule has 0 aliphatic carbocycles. The monoisotopic (exact) mass is 249 g/mol. The van der Waals surface area contributed by atoms with Crippen molar-refractivity contribution in [1.29, 1.82) is 0 Å². The number of aliphatic hydroxyl groups is 1. The van der Waals surface area contributed by atoms with Crippen LogP contribution in [0.2, 0.25) is 0 Å². The largest absolute Gasteiger partial charge is 0.469 e. The fourth-order valence-corrected chi connectivity index (χ4v) is 1.64. The predicted octanol–water partition coefficient (Wildman–Crippen LogP) is 1.82. The first-order chi connectivity index (χ1) is 8.50. The van der Waals surface area contributed by atoms with E-state index in [2.05, 4.69) is 5.32 Å². The Morgan fingerprint density at radius 3 is 2.72 bits per heavy atom. The first-order valence-corrected chi connectivity index (χ1v) is 5.59. The van der Waals surface area contributed by atoms with E-state index in [1.54, 1.807) is 32.0 Å². The highest BCUT2D eigenvalue weighted by Crippen LogP contribution is 2.20. The molecule has 1 unspecified atom stereocenters. The molecule has 0 fully saturated rings. The number of hydrogen-bond donors (Lipinski definition) is 2. The molecule has 2 heterocycles. The number of amides is 1. The molecular formula is C13H15NO4. The lowest BCUT2D eigenvalue weighted by Gasteiger charge is -2.20. The van der Waals surface area contributed by atoms with Gasteiger partial charge in [0.15, 0.2) is 0 Å². The fourth-order valence-electron chi connectivity index (χ4n) is 1.64. The van der Waals surface area contributed by atoms with Crippen LogP contribution < -0.4 is 5.32 Å². The van der Waals surface area contributed by atoms with Crippen LogP contribution in [0.4, 0.5) is 0 Å². The second-order valence-corrected chi connectivity index (χ2v) is 4.32. The third kappa shape index (κ3) is 2.46. The Kier molecular flexibility index (Phi) is 3.25. The molecule has 1 atom stereocenters. The Labute approximate surface area is 104 Å². The van der Waals surface area contributed by atoms with E-state index in [1.165, 1.54) is 12.5 Å². The number of hydrogen-bond acceptors (Lipinski definition) is 4. The van der Waals surface area contributed by atoms with Crippen LogP contribution in [0, 0.1) is 6.92 Å². The minimum absolute atomic E-state index is 0.0595. The third-order valence-electron chi connectivity index (χ3n) is 2.75. The van der Waals surface area contributed by atoms with Crippen molar-refractivity contribution in [2.24, 2.45) is 0 Å². The van der Waals surface area contributed by atoms with E-state index in [0.717, 1.165) is 0 Å². The molecule has 0 radical (unpaired) electrons.